The molecule has 0 aromatic heterocycles. The van der Waals surface area contributed by atoms with Crippen LogP contribution >= 0.6 is 0 Å². The summed E-state index contributed by atoms with van der Waals surface area (Å²) >= 11 is 0. The van der Waals surface area contributed by atoms with Crippen molar-refractivity contribution < 1.29 is 0 Å². The number of aryl methyl sites for hydroxylation is 3. The van der Waals surface area contributed by atoms with Gasteiger partial charge in [0, 0.05) is 0 Å². The van der Waals surface area contributed by atoms with Crippen molar-refractivity contribution in [1.29, 1.82) is 0 Å². The Balaban J connectivity index is 0.000000244. The van der Waals surface area contributed by atoms with Crippen LogP contribution in [0.4, 0.5) is 0 Å². The van der Waals surface area contributed by atoms with Gasteiger partial charge >= 0.3 is 0 Å². The maximum atomic E-state index is 2.33. The van der Waals surface area contributed by atoms with E-state index in [-0.39, 0.29) is 0 Å². The number of rotatable bonds is 3. The molecular formula is C38H50. The highest BCUT2D eigenvalue weighted by Crippen LogP contribution is 2.47. The van der Waals surface area contributed by atoms with Crippen LogP contribution in [0.2, 0.25) is 0 Å². The summed E-state index contributed by atoms with van der Waals surface area (Å²) < 4.78 is 0. The van der Waals surface area contributed by atoms with E-state index in [1.807, 2.05) is 41.5 Å². The van der Waals surface area contributed by atoms with Crippen LogP contribution in [0.1, 0.15) is 101 Å². The fourth-order valence-electron chi connectivity index (χ4n) is 5.32. The second-order valence-electron chi connectivity index (χ2n) is 9.01. The summed E-state index contributed by atoms with van der Waals surface area (Å²) in [5.41, 5.74) is 16.2. The fraction of sp³-hybridized carbons (Fsp3) is 0.368. The summed E-state index contributed by atoms with van der Waals surface area (Å²) in [6, 6.07) is 29.3. The first kappa shape index (κ1) is 31.1. The van der Waals surface area contributed by atoms with Gasteiger partial charge in [0.2, 0.25) is 0 Å². The lowest BCUT2D eigenvalue weighted by Crippen LogP contribution is -1.90. The minimum Gasteiger partial charge on any atom is -0.0683 e. The van der Waals surface area contributed by atoms with Gasteiger partial charge in [-0.2, -0.15) is 0 Å². The molecule has 0 aliphatic heterocycles. The average molecular weight is 507 g/mol. The Hall–Kier alpha value is -3.12. The molecule has 2 aliphatic rings. The lowest BCUT2D eigenvalue weighted by atomic mass is 9.95. The number of benzene rings is 4. The lowest BCUT2D eigenvalue weighted by Gasteiger charge is -2.08. The van der Waals surface area contributed by atoms with Crippen molar-refractivity contribution in [1.82, 2.24) is 0 Å². The monoisotopic (exact) mass is 506 g/mol. The molecule has 0 saturated carbocycles. The highest BCUT2D eigenvalue weighted by Gasteiger charge is 2.27. The van der Waals surface area contributed by atoms with E-state index in [0.717, 1.165) is 32.1 Å². The van der Waals surface area contributed by atoms with Crippen LogP contribution in [0.15, 0.2) is 78.9 Å². The zero-order chi connectivity index (χ0) is 28.1. The highest BCUT2D eigenvalue weighted by atomic mass is 14.3. The third-order valence-corrected chi connectivity index (χ3v) is 7.08. The number of hydrogen-bond acceptors (Lipinski definition) is 0. The molecule has 0 unspecified atom stereocenters. The van der Waals surface area contributed by atoms with Gasteiger partial charge in [0.05, 0.1) is 0 Å². The molecule has 0 nitrogen and oxygen atoms in total. The van der Waals surface area contributed by atoms with E-state index >= 15 is 0 Å². The third-order valence-electron chi connectivity index (χ3n) is 7.08. The first-order chi connectivity index (χ1) is 18.7. The van der Waals surface area contributed by atoms with Gasteiger partial charge in [-0.25, -0.2) is 0 Å². The van der Waals surface area contributed by atoms with Crippen molar-refractivity contribution in [2.24, 2.45) is 0 Å². The number of fused-ring (bicyclic) bond motifs is 7. The van der Waals surface area contributed by atoms with Crippen molar-refractivity contribution in [3.8, 4) is 22.3 Å². The van der Waals surface area contributed by atoms with Crippen LogP contribution in [-0.2, 0) is 32.1 Å². The van der Waals surface area contributed by atoms with Crippen LogP contribution in [0, 0.1) is 0 Å². The minimum atomic E-state index is 1.09. The predicted molar refractivity (Wildman–Crippen MR) is 172 cm³/mol. The second kappa shape index (κ2) is 16.0. The van der Waals surface area contributed by atoms with E-state index in [0.29, 0.717) is 0 Å². The van der Waals surface area contributed by atoms with Crippen LogP contribution < -0.4 is 0 Å². The Morgan fingerprint density at radius 2 is 0.895 bits per heavy atom. The molecule has 0 heterocycles. The molecule has 202 valence electrons. The Morgan fingerprint density at radius 1 is 0.447 bits per heavy atom. The van der Waals surface area contributed by atoms with Gasteiger partial charge in [0.25, 0.3) is 0 Å². The molecule has 0 heteroatoms. The molecule has 0 radical (unpaired) electrons. The van der Waals surface area contributed by atoms with E-state index in [1.54, 1.807) is 0 Å². The molecule has 0 fully saturated rings. The van der Waals surface area contributed by atoms with Crippen molar-refractivity contribution in [2.45, 2.75) is 94.4 Å². The maximum Gasteiger partial charge on any atom is -0.000718 e. The molecule has 0 saturated heterocycles. The van der Waals surface area contributed by atoms with E-state index in [2.05, 4.69) is 99.6 Å². The second-order valence-corrected chi connectivity index (χ2v) is 9.01. The largest absolute Gasteiger partial charge is 0.0683 e. The van der Waals surface area contributed by atoms with Crippen LogP contribution in [0.3, 0.4) is 0 Å². The molecule has 4 aromatic rings. The normalized spacial score (nSPS) is 10.9. The molecule has 2 aliphatic carbocycles. The molecule has 0 amide bonds. The third kappa shape index (κ3) is 6.84. The quantitative estimate of drug-likeness (QED) is 0.224. The minimum absolute atomic E-state index is 1.09. The summed E-state index contributed by atoms with van der Waals surface area (Å²) in [6.07, 6.45) is 5.64. The van der Waals surface area contributed by atoms with Gasteiger partial charge < -0.3 is 0 Å². The van der Waals surface area contributed by atoms with Crippen molar-refractivity contribution in [3.63, 3.8) is 0 Å². The summed E-state index contributed by atoms with van der Waals surface area (Å²) in [4.78, 5) is 0. The van der Waals surface area contributed by atoms with E-state index < -0.39 is 0 Å². The fourth-order valence-corrected chi connectivity index (χ4v) is 5.32. The lowest BCUT2D eigenvalue weighted by molar-refractivity contribution is 1.04. The highest BCUT2D eigenvalue weighted by molar-refractivity contribution is 5.89. The Morgan fingerprint density at radius 3 is 1.39 bits per heavy atom. The van der Waals surface area contributed by atoms with E-state index in [1.165, 1.54) is 61.2 Å². The first-order valence-corrected chi connectivity index (χ1v) is 15.1. The Bertz CT molecular complexity index is 1220. The molecule has 0 bridgehead atoms. The average Bonchev–Trinajstić information content (AvgIpc) is 3.58. The van der Waals surface area contributed by atoms with Crippen LogP contribution in [0.5, 0.6) is 0 Å². The standard InChI is InChI=1S/C20H14.C12H18.3C2H6/c1-3-7-16-14(6-1)12-19-18(16)10-9-15-11-13-5-2-4-8-17(13)20(15)19;1-4-10-7-11(5-2)9-12(6-3)8-10;3*1-2/h1-10H,11-12H2;7-9H,4-6H2,1-3H3;3*1-2H3. The summed E-state index contributed by atoms with van der Waals surface area (Å²) in [6.45, 7) is 18.6. The smallest absolute Gasteiger partial charge is 0.000718 e. The SMILES string of the molecule is CC.CC.CC.CCc1cc(CC)cc(CC)c1.c1ccc2c(c1)Cc1c-2ccc2c1-c1ccccc1C2. The van der Waals surface area contributed by atoms with Crippen molar-refractivity contribution >= 4 is 0 Å². The summed E-state index contributed by atoms with van der Waals surface area (Å²) in [5.74, 6) is 0. The Kier molecular flexibility index (Phi) is 13.1. The molecule has 4 aromatic carbocycles. The summed E-state index contributed by atoms with van der Waals surface area (Å²) in [5, 5.41) is 0. The molecule has 0 N–H and O–H groups in total. The van der Waals surface area contributed by atoms with E-state index in [4.69, 9.17) is 0 Å². The van der Waals surface area contributed by atoms with Gasteiger partial charge in [-0.1, -0.05) is 141 Å². The predicted octanol–water partition coefficient (Wildman–Crippen LogP) is 11.3. The van der Waals surface area contributed by atoms with Gasteiger partial charge in [-0.05, 0) is 93.3 Å². The molecule has 0 atom stereocenters. The molecule has 0 spiro atoms. The van der Waals surface area contributed by atoms with E-state index in [9.17, 15) is 0 Å². The van der Waals surface area contributed by atoms with Gasteiger partial charge in [-0.3, -0.25) is 0 Å². The topological polar surface area (TPSA) is 0 Å². The van der Waals surface area contributed by atoms with Gasteiger partial charge in [-0.15, -0.1) is 0 Å². The molecule has 38 heavy (non-hydrogen) atoms. The zero-order valence-corrected chi connectivity index (χ0v) is 25.5. The van der Waals surface area contributed by atoms with Gasteiger partial charge in [0.15, 0.2) is 0 Å². The first-order valence-electron chi connectivity index (χ1n) is 15.1. The Labute approximate surface area is 234 Å². The zero-order valence-electron chi connectivity index (χ0n) is 25.5. The number of hydrogen-bond donors (Lipinski definition) is 0. The van der Waals surface area contributed by atoms with Crippen LogP contribution in [0.25, 0.3) is 22.3 Å². The van der Waals surface area contributed by atoms with Crippen molar-refractivity contribution in [2.75, 3.05) is 0 Å². The van der Waals surface area contributed by atoms with Crippen molar-refractivity contribution in [3.05, 3.63) is 118 Å². The maximum absolute atomic E-state index is 2.33. The van der Waals surface area contributed by atoms with Gasteiger partial charge in [0.1, 0.15) is 0 Å². The molecular weight excluding hydrogens is 456 g/mol. The molecule has 6 rings (SSSR count). The van der Waals surface area contributed by atoms with Crippen LogP contribution in [-0.4, -0.2) is 0 Å². The summed E-state index contributed by atoms with van der Waals surface area (Å²) in [7, 11) is 0.